The van der Waals surface area contributed by atoms with Gasteiger partial charge in [-0.1, -0.05) is 12.8 Å². The SMILES string of the molecule is Cn1cc(/C=C/C(=O)NC2CCCC2)cn1. The molecular formula is C12H17N3O. The van der Waals surface area contributed by atoms with Crippen LogP contribution in [0.5, 0.6) is 0 Å². The quantitative estimate of drug-likeness (QED) is 0.783. The molecule has 1 aliphatic carbocycles. The highest BCUT2D eigenvalue weighted by Crippen LogP contribution is 2.17. The second kappa shape index (κ2) is 4.96. The normalized spacial score (nSPS) is 17.1. The van der Waals surface area contributed by atoms with Crippen LogP contribution in [0.3, 0.4) is 0 Å². The molecule has 0 spiro atoms. The van der Waals surface area contributed by atoms with Gasteiger partial charge in [-0.05, 0) is 18.9 Å². The van der Waals surface area contributed by atoms with Crippen LogP contribution in [0.25, 0.3) is 6.08 Å². The molecule has 0 aromatic carbocycles. The number of nitrogens with zero attached hydrogens (tertiary/aromatic N) is 2. The summed E-state index contributed by atoms with van der Waals surface area (Å²) in [6.45, 7) is 0. The molecule has 0 radical (unpaired) electrons. The number of rotatable bonds is 3. The van der Waals surface area contributed by atoms with E-state index < -0.39 is 0 Å². The van der Waals surface area contributed by atoms with E-state index in [1.165, 1.54) is 12.8 Å². The Bertz CT molecular complexity index is 389. The third-order valence-electron chi connectivity index (χ3n) is 2.85. The van der Waals surface area contributed by atoms with Gasteiger partial charge in [-0.2, -0.15) is 5.10 Å². The predicted molar refractivity (Wildman–Crippen MR) is 62.6 cm³/mol. The summed E-state index contributed by atoms with van der Waals surface area (Å²) in [4.78, 5) is 11.6. The van der Waals surface area contributed by atoms with Crippen LogP contribution < -0.4 is 5.32 Å². The van der Waals surface area contributed by atoms with Gasteiger partial charge in [-0.3, -0.25) is 9.48 Å². The third kappa shape index (κ3) is 2.95. The number of hydrogen-bond donors (Lipinski definition) is 1. The molecule has 4 heteroatoms. The monoisotopic (exact) mass is 219 g/mol. The first-order chi connectivity index (χ1) is 7.74. The van der Waals surface area contributed by atoms with E-state index in [0.717, 1.165) is 18.4 Å². The summed E-state index contributed by atoms with van der Waals surface area (Å²) in [6, 6.07) is 0.381. The van der Waals surface area contributed by atoms with Gasteiger partial charge in [0, 0.05) is 30.9 Å². The number of aryl methyl sites for hydroxylation is 1. The summed E-state index contributed by atoms with van der Waals surface area (Å²) in [5.41, 5.74) is 0.948. The van der Waals surface area contributed by atoms with Gasteiger partial charge in [0.2, 0.25) is 5.91 Å². The first kappa shape index (κ1) is 10.9. The Morgan fingerprint density at radius 3 is 2.94 bits per heavy atom. The first-order valence-corrected chi connectivity index (χ1v) is 5.71. The average Bonchev–Trinajstić information content (AvgIpc) is 2.87. The van der Waals surface area contributed by atoms with Gasteiger partial charge in [-0.25, -0.2) is 0 Å². The van der Waals surface area contributed by atoms with E-state index >= 15 is 0 Å². The van der Waals surface area contributed by atoms with Gasteiger partial charge in [0.1, 0.15) is 0 Å². The van der Waals surface area contributed by atoms with Crippen LogP contribution in [0.15, 0.2) is 18.5 Å². The number of amides is 1. The van der Waals surface area contributed by atoms with Gasteiger partial charge in [0.15, 0.2) is 0 Å². The Labute approximate surface area is 95.3 Å². The lowest BCUT2D eigenvalue weighted by atomic mass is 10.2. The molecule has 0 saturated heterocycles. The van der Waals surface area contributed by atoms with Crippen LogP contribution in [0, 0.1) is 0 Å². The van der Waals surface area contributed by atoms with E-state index in [2.05, 4.69) is 10.4 Å². The molecule has 86 valence electrons. The topological polar surface area (TPSA) is 46.9 Å². The molecule has 0 aliphatic heterocycles. The molecule has 1 fully saturated rings. The average molecular weight is 219 g/mol. The molecule has 16 heavy (non-hydrogen) atoms. The fraction of sp³-hybridized carbons (Fsp3) is 0.500. The van der Waals surface area contributed by atoms with Crippen molar-refractivity contribution < 1.29 is 4.79 Å². The minimum atomic E-state index is -0.00393. The Hall–Kier alpha value is -1.58. The molecule has 1 aliphatic rings. The van der Waals surface area contributed by atoms with Crippen molar-refractivity contribution in [1.29, 1.82) is 0 Å². The highest BCUT2D eigenvalue weighted by molar-refractivity contribution is 5.91. The largest absolute Gasteiger partial charge is 0.350 e. The maximum Gasteiger partial charge on any atom is 0.244 e. The molecule has 1 aromatic heterocycles. The molecule has 4 nitrogen and oxygen atoms in total. The summed E-state index contributed by atoms with van der Waals surface area (Å²) in [6.07, 6.45) is 11.7. The van der Waals surface area contributed by atoms with Crippen molar-refractivity contribution >= 4 is 12.0 Å². The standard InChI is InChI=1S/C12H17N3O/c1-15-9-10(8-13-15)6-7-12(16)14-11-4-2-3-5-11/h6-9,11H,2-5H2,1H3,(H,14,16)/b7-6+. The Balaban J connectivity index is 1.84. The van der Waals surface area contributed by atoms with Crippen molar-refractivity contribution in [3.63, 3.8) is 0 Å². The number of carbonyl (C=O) groups is 1. The lowest BCUT2D eigenvalue weighted by molar-refractivity contribution is -0.117. The second-order valence-electron chi connectivity index (χ2n) is 4.27. The van der Waals surface area contributed by atoms with E-state index in [1.54, 1.807) is 23.0 Å². The van der Waals surface area contributed by atoms with Crippen molar-refractivity contribution in [2.24, 2.45) is 7.05 Å². The zero-order valence-corrected chi connectivity index (χ0v) is 9.52. The Morgan fingerprint density at radius 2 is 2.31 bits per heavy atom. The number of nitrogens with one attached hydrogen (secondary N) is 1. The molecule has 0 unspecified atom stereocenters. The lowest BCUT2D eigenvalue weighted by Gasteiger charge is -2.08. The van der Waals surface area contributed by atoms with E-state index in [9.17, 15) is 4.79 Å². The van der Waals surface area contributed by atoms with Gasteiger partial charge in [0.05, 0.1) is 6.20 Å². The van der Waals surface area contributed by atoms with Crippen LogP contribution in [0.4, 0.5) is 0 Å². The van der Waals surface area contributed by atoms with E-state index in [1.807, 2.05) is 13.2 Å². The first-order valence-electron chi connectivity index (χ1n) is 5.71. The van der Waals surface area contributed by atoms with Crippen molar-refractivity contribution in [2.75, 3.05) is 0 Å². The molecular weight excluding hydrogens is 202 g/mol. The summed E-state index contributed by atoms with van der Waals surface area (Å²) >= 11 is 0. The van der Waals surface area contributed by atoms with Crippen LogP contribution >= 0.6 is 0 Å². The van der Waals surface area contributed by atoms with E-state index in [0.29, 0.717) is 6.04 Å². The van der Waals surface area contributed by atoms with Crippen molar-refractivity contribution in [2.45, 2.75) is 31.7 Å². The van der Waals surface area contributed by atoms with Crippen LogP contribution in [-0.4, -0.2) is 21.7 Å². The van der Waals surface area contributed by atoms with Crippen LogP contribution in [0.1, 0.15) is 31.2 Å². The van der Waals surface area contributed by atoms with Gasteiger partial charge < -0.3 is 5.32 Å². The maximum absolute atomic E-state index is 11.6. The van der Waals surface area contributed by atoms with Crippen LogP contribution in [-0.2, 0) is 11.8 Å². The zero-order valence-electron chi connectivity index (χ0n) is 9.52. The fourth-order valence-corrected chi connectivity index (χ4v) is 2.02. The Kier molecular flexibility index (Phi) is 3.39. The molecule has 0 bridgehead atoms. The summed E-state index contributed by atoms with van der Waals surface area (Å²) in [5.74, 6) is -0.00393. The smallest absolute Gasteiger partial charge is 0.244 e. The summed E-state index contributed by atoms with van der Waals surface area (Å²) in [5, 5.41) is 7.03. The third-order valence-corrected chi connectivity index (χ3v) is 2.85. The van der Waals surface area contributed by atoms with Gasteiger partial charge in [-0.15, -0.1) is 0 Å². The minimum absolute atomic E-state index is 0.00393. The van der Waals surface area contributed by atoms with Crippen molar-refractivity contribution in [3.05, 3.63) is 24.0 Å². The van der Waals surface area contributed by atoms with E-state index in [4.69, 9.17) is 0 Å². The zero-order chi connectivity index (χ0) is 11.4. The lowest BCUT2D eigenvalue weighted by Crippen LogP contribution is -2.30. The summed E-state index contributed by atoms with van der Waals surface area (Å²) in [7, 11) is 1.86. The molecule has 2 rings (SSSR count). The fourth-order valence-electron chi connectivity index (χ4n) is 2.02. The van der Waals surface area contributed by atoms with Crippen LogP contribution in [0.2, 0.25) is 0 Å². The van der Waals surface area contributed by atoms with Crippen molar-refractivity contribution in [1.82, 2.24) is 15.1 Å². The van der Waals surface area contributed by atoms with Gasteiger partial charge >= 0.3 is 0 Å². The highest BCUT2D eigenvalue weighted by Gasteiger charge is 2.15. The van der Waals surface area contributed by atoms with Crippen molar-refractivity contribution in [3.8, 4) is 0 Å². The van der Waals surface area contributed by atoms with E-state index in [-0.39, 0.29) is 5.91 Å². The van der Waals surface area contributed by atoms with Gasteiger partial charge in [0.25, 0.3) is 0 Å². The highest BCUT2D eigenvalue weighted by atomic mass is 16.1. The number of carbonyl (C=O) groups excluding carboxylic acids is 1. The number of hydrogen-bond acceptors (Lipinski definition) is 2. The Morgan fingerprint density at radius 1 is 1.56 bits per heavy atom. The minimum Gasteiger partial charge on any atom is -0.350 e. The maximum atomic E-state index is 11.6. The molecule has 1 heterocycles. The number of aromatic nitrogens is 2. The molecule has 1 N–H and O–H groups in total. The molecule has 0 atom stereocenters. The molecule has 1 aromatic rings. The second-order valence-corrected chi connectivity index (χ2v) is 4.27. The summed E-state index contributed by atoms with van der Waals surface area (Å²) < 4.78 is 1.72. The molecule has 1 amide bonds. The predicted octanol–water partition coefficient (Wildman–Crippen LogP) is 1.49. The molecule has 1 saturated carbocycles.